The van der Waals surface area contributed by atoms with E-state index in [9.17, 15) is 4.79 Å². The Morgan fingerprint density at radius 3 is 2.56 bits per heavy atom. The molecule has 3 saturated carbocycles. The predicted octanol–water partition coefficient (Wildman–Crippen LogP) is 7.52. The zero-order chi connectivity index (χ0) is 24.9. The Hall–Kier alpha value is -0.870. The first-order valence-electron chi connectivity index (χ1n) is 14.0. The van der Waals surface area contributed by atoms with E-state index in [0.29, 0.717) is 35.5 Å². The Bertz CT molecular complexity index is 781. The van der Waals surface area contributed by atoms with Crippen LogP contribution >= 0.6 is 0 Å². The normalized spacial score (nSPS) is 42.8. The van der Waals surface area contributed by atoms with Gasteiger partial charge in [-0.1, -0.05) is 39.3 Å². The maximum absolute atomic E-state index is 11.9. The molecule has 0 N–H and O–H groups in total. The highest BCUT2D eigenvalue weighted by molar-refractivity contribution is 5.69. The van der Waals surface area contributed by atoms with Crippen LogP contribution in [0.1, 0.15) is 106 Å². The van der Waals surface area contributed by atoms with Crippen LogP contribution in [0.25, 0.3) is 0 Å². The maximum atomic E-state index is 11.9. The highest BCUT2D eigenvalue weighted by atomic mass is 17.2. The van der Waals surface area contributed by atoms with Crippen molar-refractivity contribution in [1.29, 1.82) is 0 Å². The van der Waals surface area contributed by atoms with Crippen molar-refractivity contribution in [1.82, 2.24) is 0 Å². The first-order chi connectivity index (χ1) is 15.9. The molecular formula is C30H50O4. The SMILES string of the molecule is COC(=O)CC[C@@H](C)C1CCC2C3CC[C@@H]4C[C@H](C)CC[C@]4(C)C3=C[C@@H](OOC(C)(C)C)[C@@]21C. The molecule has 4 heteroatoms. The molecule has 4 nitrogen and oxygen atoms in total. The number of hydrogen-bond donors (Lipinski definition) is 0. The van der Waals surface area contributed by atoms with Crippen molar-refractivity contribution in [3.63, 3.8) is 0 Å². The van der Waals surface area contributed by atoms with Crippen molar-refractivity contribution in [2.75, 3.05) is 7.11 Å². The van der Waals surface area contributed by atoms with Gasteiger partial charge in [-0.05, 0) is 113 Å². The number of carbonyl (C=O) groups is 1. The van der Waals surface area contributed by atoms with Crippen LogP contribution in [0.3, 0.4) is 0 Å². The van der Waals surface area contributed by atoms with E-state index in [4.69, 9.17) is 14.5 Å². The second-order valence-corrected chi connectivity index (χ2v) is 13.8. The zero-order valence-corrected chi connectivity index (χ0v) is 23.1. The molecule has 4 aliphatic carbocycles. The molecule has 4 rings (SSSR count). The van der Waals surface area contributed by atoms with E-state index in [-0.39, 0.29) is 23.1 Å². The van der Waals surface area contributed by atoms with Crippen molar-refractivity contribution >= 4 is 5.97 Å². The van der Waals surface area contributed by atoms with Gasteiger partial charge >= 0.3 is 5.97 Å². The second-order valence-electron chi connectivity index (χ2n) is 13.8. The maximum Gasteiger partial charge on any atom is 0.305 e. The summed E-state index contributed by atoms with van der Waals surface area (Å²) in [4.78, 5) is 24.3. The molecule has 0 aromatic rings. The fraction of sp³-hybridized carbons (Fsp3) is 0.900. The molecule has 194 valence electrons. The van der Waals surface area contributed by atoms with Gasteiger partial charge in [0.05, 0.1) is 12.7 Å². The summed E-state index contributed by atoms with van der Waals surface area (Å²) in [5.74, 6) is 3.84. The smallest absolute Gasteiger partial charge is 0.305 e. The van der Waals surface area contributed by atoms with Gasteiger partial charge in [0, 0.05) is 11.8 Å². The van der Waals surface area contributed by atoms with Crippen LogP contribution in [0.2, 0.25) is 0 Å². The molecule has 0 saturated heterocycles. The van der Waals surface area contributed by atoms with Gasteiger partial charge in [-0.25, -0.2) is 9.78 Å². The van der Waals surface area contributed by atoms with Gasteiger partial charge in [0.2, 0.25) is 0 Å². The number of hydrogen-bond acceptors (Lipinski definition) is 4. The fourth-order valence-corrected chi connectivity index (χ4v) is 8.65. The van der Waals surface area contributed by atoms with Crippen molar-refractivity contribution in [2.24, 2.45) is 46.3 Å². The van der Waals surface area contributed by atoms with Gasteiger partial charge < -0.3 is 4.74 Å². The first-order valence-corrected chi connectivity index (χ1v) is 14.0. The zero-order valence-electron chi connectivity index (χ0n) is 23.1. The van der Waals surface area contributed by atoms with Gasteiger partial charge in [0.25, 0.3) is 0 Å². The highest BCUT2D eigenvalue weighted by Gasteiger charge is 2.61. The molecule has 34 heavy (non-hydrogen) atoms. The number of ether oxygens (including phenoxy) is 1. The standard InChI is InChI=1S/C30H50O4/c1-19-15-16-29(6)21(17-19)10-11-22-24-13-12-23(20(2)9-14-27(31)32-8)30(24,7)26(18-25(22)29)33-34-28(3,4)5/h18-24,26H,9-17H2,1-8H3/t19-,20-,21-,22?,23?,24?,26-,29+,30-/m1/s1. The fourth-order valence-electron chi connectivity index (χ4n) is 8.65. The van der Waals surface area contributed by atoms with Gasteiger partial charge in [-0.3, -0.25) is 4.79 Å². The largest absolute Gasteiger partial charge is 0.469 e. The van der Waals surface area contributed by atoms with Crippen LogP contribution < -0.4 is 0 Å². The van der Waals surface area contributed by atoms with Crippen LogP contribution in [0, 0.1) is 46.3 Å². The Morgan fingerprint density at radius 2 is 1.88 bits per heavy atom. The Kier molecular flexibility index (Phi) is 7.35. The van der Waals surface area contributed by atoms with Crippen LogP contribution in [-0.2, 0) is 19.3 Å². The molecule has 0 spiro atoms. The number of methoxy groups -OCH3 is 1. The third-order valence-corrected chi connectivity index (χ3v) is 10.6. The molecule has 0 aromatic heterocycles. The van der Waals surface area contributed by atoms with Crippen molar-refractivity contribution in [3.8, 4) is 0 Å². The molecule has 0 radical (unpaired) electrons. The summed E-state index contributed by atoms with van der Waals surface area (Å²) >= 11 is 0. The summed E-state index contributed by atoms with van der Waals surface area (Å²) in [6, 6.07) is 0. The summed E-state index contributed by atoms with van der Waals surface area (Å²) < 4.78 is 4.94. The van der Waals surface area contributed by atoms with E-state index >= 15 is 0 Å². The lowest BCUT2D eigenvalue weighted by Crippen LogP contribution is -2.54. The van der Waals surface area contributed by atoms with Crippen LogP contribution in [0.5, 0.6) is 0 Å². The molecule has 0 aliphatic heterocycles. The third kappa shape index (κ3) is 4.63. The average molecular weight is 475 g/mol. The first kappa shape index (κ1) is 26.2. The van der Waals surface area contributed by atoms with E-state index in [0.717, 1.165) is 18.3 Å². The lowest BCUT2D eigenvalue weighted by molar-refractivity contribution is -0.385. The molecule has 9 atom stereocenters. The highest BCUT2D eigenvalue weighted by Crippen LogP contribution is 2.67. The second kappa shape index (κ2) is 9.54. The summed E-state index contributed by atoms with van der Waals surface area (Å²) in [7, 11) is 1.49. The van der Waals surface area contributed by atoms with Crippen molar-refractivity contribution in [2.45, 2.75) is 118 Å². The topological polar surface area (TPSA) is 44.8 Å². The summed E-state index contributed by atoms with van der Waals surface area (Å²) in [5, 5.41) is 0. The van der Waals surface area contributed by atoms with Crippen LogP contribution in [0.15, 0.2) is 11.6 Å². The minimum Gasteiger partial charge on any atom is -0.469 e. The van der Waals surface area contributed by atoms with Gasteiger partial charge in [0.1, 0.15) is 6.10 Å². The van der Waals surface area contributed by atoms with E-state index in [1.165, 1.54) is 52.1 Å². The molecule has 0 heterocycles. The third-order valence-electron chi connectivity index (χ3n) is 10.6. The Labute approximate surface area is 208 Å². The molecule has 4 aliphatic rings. The quantitative estimate of drug-likeness (QED) is 0.173. The number of rotatable bonds is 6. The molecule has 3 fully saturated rings. The van der Waals surface area contributed by atoms with Crippen molar-refractivity contribution in [3.05, 3.63) is 11.6 Å². The van der Waals surface area contributed by atoms with Crippen LogP contribution in [0.4, 0.5) is 0 Å². The van der Waals surface area contributed by atoms with E-state index in [1.54, 1.807) is 5.57 Å². The Morgan fingerprint density at radius 1 is 1.15 bits per heavy atom. The molecule has 0 aromatic carbocycles. The average Bonchev–Trinajstić information content (AvgIpc) is 3.13. The van der Waals surface area contributed by atoms with E-state index in [2.05, 4.69) is 54.5 Å². The number of esters is 1. The minimum absolute atomic E-state index is 0.0279. The lowest BCUT2D eigenvalue weighted by Gasteiger charge is -2.58. The number of fused-ring (bicyclic) bond motifs is 5. The van der Waals surface area contributed by atoms with Crippen LogP contribution in [-0.4, -0.2) is 24.8 Å². The predicted molar refractivity (Wildman–Crippen MR) is 136 cm³/mol. The van der Waals surface area contributed by atoms with E-state index < -0.39 is 0 Å². The van der Waals surface area contributed by atoms with Gasteiger partial charge in [-0.15, -0.1) is 0 Å². The molecule has 3 unspecified atom stereocenters. The number of allylic oxidation sites excluding steroid dienone is 1. The number of carbonyl (C=O) groups excluding carboxylic acids is 1. The minimum atomic E-state index is -0.342. The lowest BCUT2D eigenvalue weighted by atomic mass is 9.47. The van der Waals surface area contributed by atoms with Gasteiger partial charge in [0.15, 0.2) is 0 Å². The Balaban J connectivity index is 1.67. The summed E-state index contributed by atoms with van der Waals surface area (Å²) in [6.07, 6.45) is 13.1. The summed E-state index contributed by atoms with van der Waals surface area (Å²) in [5.41, 5.74) is 1.70. The van der Waals surface area contributed by atoms with E-state index in [1.807, 2.05) is 0 Å². The summed E-state index contributed by atoms with van der Waals surface area (Å²) in [6.45, 7) is 16.0. The van der Waals surface area contributed by atoms with Crippen molar-refractivity contribution < 1.29 is 19.3 Å². The molecule has 0 amide bonds. The molecular weight excluding hydrogens is 424 g/mol. The molecule has 0 bridgehead atoms. The van der Waals surface area contributed by atoms with Gasteiger partial charge in [-0.2, -0.15) is 0 Å². The monoisotopic (exact) mass is 474 g/mol.